The molecule has 0 radical (unpaired) electrons. The van der Waals surface area contributed by atoms with Crippen LogP contribution in [-0.2, 0) is 6.54 Å². The Morgan fingerprint density at radius 3 is 2.94 bits per heavy atom. The standard InChI is InChI=1S/C12H13N5O/c1-2-5-14-8-11-16-17-12(18-11)10-4-3-9(6-13)7-15-10/h3-4,7,14H,2,5,8H2,1H3. The van der Waals surface area contributed by atoms with Gasteiger partial charge in [-0.1, -0.05) is 6.92 Å². The lowest BCUT2D eigenvalue weighted by Gasteiger charge is -1.96. The first kappa shape index (κ1) is 12.2. The van der Waals surface area contributed by atoms with Crippen molar-refractivity contribution < 1.29 is 4.42 Å². The molecular formula is C12H13N5O. The molecule has 6 nitrogen and oxygen atoms in total. The molecule has 0 saturated heterocycles. The maximum Gasteiger partial charge on any atom is 0.266 e. The second kappa shape index (κ2) is 5.89. The minimum atomic E-state index is 0.368. The van der Waals surface area contributed by atoms with Crippen LogP contribution in [0, 0.1) is 11.3 Å². The summed E-state index contributed by atoms with van der Waals surface area (Å²) in [5, 5.41) is 19.7. The molecule has 0 fully saturated rings. The molecule has 2 heterocycles. The summed E-state index contributed by atoms with van der Waals surface area (Å²) >= 11 is 0. The molecule has 0 aliphatic carbocycles. The Labute approximate surface area is 105 Å². The van der Waals surface area contributed by atoms with Crippen molar-refractivity contribution in [3.63, 3.8) is 0 Å². The maximum atomic E-state index is 8.67. The number of pyridine rings is 1. The zero-order valence-corrected chi connectivity index (χ0v) is 10.1. The highest BCUT2D eigenvalue weighted by Crippen LogP contribution is 2.15. The summed E-state index contributed by atoms with van der Waals surface area (Å²) in [5.74, 6) is 0.900. The fraction of sp³-hybridized carbons (Fsp3) is 0.333. The lowest BCUT2D eigenvalue weighted by molar-refractivity contribution is 0.476. The second-order valence-electron chi connectivity index (χ2n) is 3.72. The zero-order chi connectivity index (χ0) is 12.8. The summed E-state index contributed by atoms with van der Waals surface area (Å²) in [6.07, 6.45) is 2.53. The van der Waals surface area contributed by atoms with E-state index in [4.69, 9.17) is 9.68 Å². The molecule has 2 aromatic rings. The fourth-order valence-electron chi connectivity index (χ4n) is 1.39. The number of nitriles is 1. The molecule has 0 atom stereocenters. The Morgan fingerprint density at radius 1 is 1.39 bits per heavy atom. The van der Waals surface area contributed by atoms with E-state index in [1.54, 1.807) is 12.1 Å². The maximum absolute atomic E-state index is 8.67. The van der Waals surface area contributed by atoms with E-state index < -0.39 is 0 Å². The van der Waals surface area contributed by atoms with E-state index in [1.165, 1.54) is 6.20 Å². The Hall–Kier alpha value is -2.26. The van der Waals surface area contributed by atoms with Gasteiger partial charge in [-0.2, -0.15) is 5.26 Å². The molecular weight excluding hydrogens is 230 g/mol. The number of hydrogen-bond donors (Lipinski definition) is 1. The Bertz CT molecular complexity index is 540. The number of hydrogen-bond acceptors (Lipinski definition) is 6. The molecule has 0 bridgehead atoms. The fourth-order valence-corrected chi connectivity index (χ4v) is 1.39. The Morgan fingerprint density at radius 2 is 2.28 bits per heavy atom. The summed E-state index contributed by atoms with van der Waals surface area (Å²) < 4.78 is 5.46. The molecule has 0 aromatic carbocycles. The minimum absolute atomic E-state index is 0.368. The topological polar surface area (TPSA) is 87.6 Å². The van der Waals surface area contributed by atoms with E-state index in [1.807, 2.05) is 6.07 Å². The van der Waals surface area contributed by atoms with Crippen LogP contribution in [0.4, 0.5) is 0 Å². The van der Waals surface area contributed by atoms with Gasteiger partial charge in [-0.3, -0.25) is 0 Å². The zero-order valence-electron chi connectivity index (χ0n) is 10.1. The molecule has 92 valence electrons. The summed E-state index contributed by atoms with van der Waals surface area (Å²) in [5.41, 5.74) is 1.08. The van der Waals surface area contributed by atoms with Crippen molar-refractivity contribution in [3.8, 4) is 17.7 Å². The average molecular weight is 243 g/mol. The van der Waals surface area contributed by atoms with E-state index in [2.05, 4.69) is 27.4 Å². The first-order valence-electron chi connectivity index (χ1n) is 5.73. The molecule has 0 saturated carbocycles. The number of nitrogens with one attached hydrogen (secondary N) is 1. The number of nitrogens with zero attached hydrogens (tertiary/aromatic N) is 4. The van der Waals surface area contributed by atoms with Crippen LogP contribution < -0.4 is 5.32 Å². The highest BCUT2D eigenvalue weighted by Gasteiger charge is 2.09. The van der Waals surface area contributed by atoms with Crippen molar-refractivity contribution >= 4 is 0 Å². The van der Waals surface area contributed by atoms with E-state index in [0.29, 0.717) is 29.6 Å². The molecule has 0 spiro atoms. The van der Waals surface area contributed by atoms with Gasteiger partial charge in [0.15, 0.2) is 0 Å². The van der Waals surface area contributed by atoms with E-state index in [-0.39, 0.29) is 0 Å². The molecule has 18 heavy (non-hydrogen) atoms. The van der Waals surface area contributed by atoms with E-state index in [0.717, 1.165) is 13.0 Å². The Kier molecular flexibility index (Phi) is 3.99. The normalized spacial score (nSPS) is 10.2. The predicted octanol–water partition coefficient (Wildman–Crippen LogP) is 1.50. The molecule has 0 aliphatic heterocycles. The van der Waals surface area contributed by atoms with Crippen molar-refractivity contribution in [3.05, 3.63) is 29.8 Å². The van der Waals surface area contributed by atoms with Gasteiger partial charge in [-0.15, -0.1) is 10.2 Å². The van der Waals surface area contributed by atoms with Crippen LogP contribution in [0.3, 0.4) is 0 Å². The molecule has 6 heteroatoms. The third-order valence-electron chi connectivity index (χ3n) is 2.28. The molecule has 1 N–H and O–H groups in total. The van der Waals surface area contributed by atoms with Gasteiger partial charge in [0.1, 0.15) is 11.8 Å². The first-order chi connectivity index (χ1) is 8.83. The van der Waals surface area contributed by atoms with Crippen LogP contribution in [-0.4, -0.2) is 21.7 Å². The SMILES string of the molecule is CCCNCc1nnc(-c2ccc(C#N)cn2)o1. The van der Waals surface area contributed by atoms with Gasteiger partial charge in [0, 0.05) is 6.20 Å². The monoisotopic (exact) mass is 243 g/mol. The molecule has 0 amide bonds. The van der Waals surface area contributed by atoms with Crippen molar-refractivity contribution in [1.29, 1.82) is 5.26 Å². The molecule has 2 aromatic heterocycles. The summed E-state index contributed by atoms with van der Waals surface area (Å²) in [7, 11) is 0. The number of aromatic nitrogens is 3. The molecule has 0 aliphatic rings. The first-order valence-corrected chi connectivity index (χ1v) is 5.73. The van der Waals surface area contributed by atoms with Gasteiger partial charge < -0.3 is 9.73 Å². The Balaban J connectivity index is 2.06. The minimum Gasteiger partial charge on any atom is -0.418 e. The van der Waals surface area contributed by atoms with Crippen LogP contribution in [0.2, 0.25) is 0 Å². The van der Waals surface area contributed by atoms with Crippen molar-refractivity contribution in [1.82, 2.24) is 20.5 Å². The van der Waals surface area contributed by atoms with Crippen LogP contribution in [0.5, 0.6) is 0 Å². The predicted molar refractivity (Wildman–Crippen MR) is 64.2 cm³/mol. The van der Waals surface area contributed by atoms with Crippen molar-refractivity contribution in [2.45, 2.75) is 19.9 Å². The molecule has 2 rings (SSSR count). The largest absolute Gasteiger partial charge is 0.418 e. The van der Waals surface area contributed by atoms with E-state index in [9.17, 15) is 0 Å². The van der Waals surface area contributed by atoms with Crippen LogP contribution in [0.25, 0.3) is 11.6 Å². The van der Waals surface area contributed by atoms with E-state index >= 15 is 0 Å². The van der Waals surface area contributed by atoms with Gasteiger partial charge in [0.2, 0.25) is 5.89 Å². The van der Waals surface area contributed by atoms with Gasteiger partial charge in [0.25, 0.3) is 5.89 Å². The molecule has 0 unspecified atom stereocenters. The third kappa shape index (κ3) is 2.90. The quantitative estimate of drug-likeness (QED) is 0.801. The average Bonchev–Trinajstić information content (AvgIpc) is 2.88. The smallest absolute Gasteiger partial charge is 0.266 e. The summed E-state index contributed by atoms with van der Waals surface area (Å²) in [6, 6.07) is 5.36. The lowest BCUT2D eigenvalue weighted by Crippen LogP contribution is -2.13. The summed E-state index contributed by atoms with van der Waals surface area (Å²) in [6.45, 7) is 3.55. The lowest BCUT2D eigenvalue weighted by atomic mass is 10.3. The van der Waals surface area contributed by atoms with Gasteiger partial charge in [-0.25, -0.2) is 4.98 Å². The van der Waals surface area contributed by atoms with Crippen LogP contribution >= 0.6 is 0 Å². The highest BCUT2D eigenvalue weighted by molar-refractivity contribution is 5.47. The number of rotatable bonds is 5. The van der Waals surface area contributed by atoms with Crippen molar-refractivity contribution in [2.24, 2.45) is 0 Å². The third-order valence-corrected chi connectivity index (χ3v) is 2.28. The van der Waals surface area contributed by atoms with Crippen LogP contribution in [0.15, 0.2) is 22.7 Å². The highest BCUT2D eigenvalue weighted by atomic mass is 16.4. The van der Waals surface area contributed by atoms with Crippen LogP contribution in [0.1, 0.15) is 24.8 Å². The van der Waals surface area contributed by atoms with Crippen molar-refractivity contribution in [2.75, 3.05) is 6.54 Å². The van der Waals surface area contributed by atoms with Gasteiger partial charge in [-0.05, 0) is 25.1 Å². The van der Waals surface area contributed by atoms with Gasteiger partial charge in [0.05, 0.1) is 12.1 Å². The van der Waals surface area contributed by atoms with Gasteiger partial charge >= 0.3 is 0 Å². The summed E-state index contributed by atoms with van der Waals surface area (Å²) in [4.78, 5) is 4.09. The second-order valence-corrected chi connectivity index (χ2v) is 3.72.